The highest BCUT2D eigenvalue weighted by atomic mass is 127. The van der Waals surface area contributed by atoms with Crippen molar-refractivity contribution in [3.63, 3.8) is 0 Å². The first-order valence-corrected chi connectivity index (χ1v) is 11.6. The molecule has 0 bridgehead atoms. The van der Waals surface area contributed by atoms with E-state index >= 15 is 0 Å². The second-order valence-electron chi connectivity index (χ2n) is 8.78. The van der Waals surface area contributed by atoms with E-state index < -0.39 is 0 Å². The number of aliphatic imine (C=N–C) groups is 1. The maximum Gasteiger partial charge on any atom is 0.251 e. The van der Waals surface area contributed by atoms with E-state index in [9.17, 15) is 4.79 Å². The van der Waals surface area contributed by atoms with Crippen LogP contribution in [-0.2, 0) is 13.0 Å². The predicted molar refractivity (Wildman–Crippen MR) is 147 cm³/mol. The summed E-state index contributed by atoms with van der Waals surface area (Å²) in [5.74, 6) is 1.64. The minimum absolute atomic E-state index is 0. The van der Waals surface area contributed by atoms with Gasteiger partial charge in [0.15, 0.2) is 5.96 Å². The Morgan fingerprint density at radius 1 is 1.03 bits per heavy atom. The van der Waals surface area contributed by atoms with E-state index in [1.165, 1.54) is 18.4 Å². The number of carbonyl (C=O) groups excluding carboxylic acids is 1. The number of nitrogens with zero attached hydrogens (tertiary/aromatic N) is 3. The molecule has 1 amide bonds. The van der Waals surface area contributed by atoms with Crippen molar-refractivity contribution in [2.75, 3.05) is 47.3 Å². The molecule has 1 saturated heterocycles. The quantitative estimate of drug-likeness (QED) is 0.293. The Bertz CT molecular complexity index is 879. The van der Waals surface area contributed by atoms with Crippen molar-refractivity contribution >= 4 is 35.8 Å². The van der Waals surface area contributed by atoms with Crippen molar-refractivity contribution in [3.8, 4) is 0 Å². The van der Waals surface area contributed by atoms with Crippen LogP contribution in [0.15, 0.2) is 59.6 Å². The largest absolute Gasteiger partial charge is 0.352 e. The Morgan fingerprint density at radius 2 is 1.73 bits per heavy atom. The first-order valence-electron chi connectivity index (χ1n) is 11.6. The van der Waals surface area contributed by atoms with Crippen molar-refractivity contribution in [2.45, 2.75) is 25.8 Å². The van der Waals surface area contributed by atoms with Crippen LogP contribution in [0.3, 0.4) is 0 Å². The summed E-state index contributed by atoms with van der Waals surface area (Å²) in [6.45, 7) is 4.15. The maximum absolute atomic E-state index is 12.4. The third-order valence-electron chi connectivity index (χ3n) is 5.98. The zero-order chi connectivity index (χ0) is 22.8. The molecule has 1 fully saturated rings. The molecule has 2 aromatic carbocycles. The Kier molecular flexibility index (Phi) is 11.7. The van der Waals surface area contributed by atoms with Crippen LogP contribution in [-0.4, -0.2) is 69.0 Å². The SMILES string of the molecule is CN=C(NCc1cccc(C(=O)NCCN(C)C)c1)N1CCC(Cc2ccccc2)CC1.I. The lowest BCUT2D eigenvalue weighted by atomic mass is 9.90. The average Bonchev–Trinajstić information content (AvgIpc) is 2.81. The molecule has 1 heterocycles. The minimum Gasteiger partial charge on any atom is -0.352 e. The summed E-state index contributed by atoms with van der Waals surface area (Å²) in [5.41, 5.74) is 3.20. The van der Waals surface area contributed by atoms with Crippen molar-refractivity contribution in [2.24, 2.45) is 10.9 Å². The van der Waals surface area contributed by atoms with Gasteiger partial charge in [-0.3, -0.25) is 9.79 Å². The Labute approximate surface area is 215 Å². The zero-order valence-electron chi connectivity index (χ0n) is 20.1. The van der Waals surface area contributed by atoms with Gasteiger partial charge in [-0.05, 0) is 62.5 Å². The highest BCUT2D eigenvalue weighted by Crippen LogP contribution is 2.21. The Balaban J connectivity index is 0.00000385. The number of amides is 1. The third kappa shape index (κ3) is 8.97. The average molecular weight is 564 g/mol. The molecule has 0 spiro atoms. The molecular formula is C26H38IN5O. The molecule has 1 aliphatic rings. The molecule has 3 rings (SSSR count). The molecule has 2 N–H and O–H groups in total. The van der Waals surface area contributed by atoms with Gasteiger partial charge in [-0.2, -0.15) is 0 Å². The number of hydrogen-bond donors (Lipinski definition) is 2. The maximum atomic E-state index is 12.4. The van der Waals surface area contributed by atoms with E-state index in [1.807, 2.05) is 45.4 Å². The second-order valence-corrected chi connectivity index (χ2v) is 8.78. The van der Waals surface area contributed by atoms with E-state index in [0.717, 1.165) is 43.5 Å². The van der Waals surface area contributed by atoms with Gasteiger partial charge in [-0.25, -0.2) is 0 Å². The summed E-state index contributed by atoms with van der Waals surface area (Å²) < 4.78 is 0. The standard InChI is InChI=1S/C26H37N5O.HI/c1-27-26(31-15-12-22(13-16-31)18-21-8-5-4-6-9-21)29-20-23-10-7-11-24(19-23)25(32)28-14-17-30(2)3;/h4-11,19,22H,12-18,20H2,1-3H3,(H,27,29)(H,28,32);1H. The topological polar surface area (TPSA) is 60.0 Å². The number of benzene rings is 2. The van der Waals surface area contributed by atoms with Crippen molar-refractivity contribution in [1.82, 2.24) is 20.4 Å². The first kappa shape index (κ1) is 27.1. The number of rotatable bonds is 8. The normalized spacial score (nSPS) is 14.7. The molecule has 1 aliphatic heterocycles. The second kappa shape index (κ2) is 14.2. The van der Waals surface area contributed by atoms with Crippen LogP contribution in [0, 0.1) is 5.92 Å². The number of guanidine groups is 1. The highest BCUT2D eigenvalue weighted by molar-refractivity contribution is 14.0. The molecule has 33 heavy (non-hydrogen) atoms. The molecule has 0 aromatic heterocycles. The summed E-state index contributed by atoms with van der Waals surface area (Å²) >= 11 is 0. The van der Waals surface area contributed by atoms with Gasteiger partial charge in [0.05, 0.1) is 0 Å². The number of piperidine rings is 1. The van der Waals surface area contributed by atoms with Gasteiger partial charge in [0.1, 0.15) is 0 Å². The lowest BCUT2D eigenvalue weighted by Crippen LogP contribution is -2.45. The number of halogens is 1. The van der Waals surface area contributed by atoms with Crippen LogP contribution in [0.1, 0.15) is 34.3 Å². The minimum atomic E-state index is -0.0291. The molecule has 6 nitrogen and oxygen atoms in total. The molecule has 0 saturated carbocycles. The predicted octanol–water partition coefficient (Wildman–Crippen LogP) is 3.63. The van der Waals surface area contributed by atoms with Gasteiger partial charge in [-0.1, -0.05) is 42.5 Å². The van der Waals surface area contributed by atoms with Crippen LogP contribution in [0.25, 0.3) is 0 Å². The summed E-state index contributed by atoms with van der Waals surface area (Å²) in [4.78, 5) is 21.3. The molecule has 0 unspecified atom stereocenters. The molecule has 180 valence electrons. The summed E-state index contributed by atoms with van der Waals surface area (Å²) in [6, 6.07) is 18.6. The fourth-order valence-corrected chi connectivity index (χ4v) is 4.13. The molecule has 7 heteroatoms. The van der Waals surface area contributed by atoms with E-state index in [1.54, 1.807) is 0 Å². The molecule has 0 atom stereocenters. The van der Waals surface area contributed by atoms with E-state index in [0.29, 0.717) is 18.7 Å². The van der Waals surface area contributed by atoms with E-state index in [2.05, 4.69) is 55.8 Å². The number of nitrogens with one attached hydrogen (secondary N) is 2. The fraction of sp³-hybridized carbons (Fsp3) is 0.462. The Hall–Kier alpha value is -2.13. The molecule has 2 aromatic rings. The van der Waals surface area contributed by atoms with Crippen molar-refractivity contribution < 1.29 is 4.79 Å². The highest BCUT2D eigenvalue weighted by Gasteiger charge is 2.21. The van der Waals surface area contributed by atoms with Crippen molar-refractivity contribution in [1.29, 1.82) is 0 Å². The van der Waals surface area contributed by atoms with Gasteiger partial charge >= 0.3 is 0 Å². The lowest BCUT2D eigenvalue weighted by molar-refractivity contribution is 0.0951. The molecule has 0 aliphatic carbocycles. The number of likely N-dealkylation sites (tertiary alicyclic amines) is 1. The van der Waals surface area contributed by atoms with E-state index in [4.69, 9.17) is 0 Å². The zero-order valence-corrected chi connectivity index (χ0v) is 22.4. The smallest absolute Gasteiger partial charge is 0.251 e. The van der Waals surface area contributed by atoms with Crippen LogP contribution < -0.4 is 10.6 Å². The number of likely N-dealkylation sites (N-methyl/N-ethyl adjacent to an activating group) is 1. The van der Waals surface area contributed by atoms with Crippen LogP contribution in [0.2, 0.25) is 0 Å². The van der Waals surface area contributed by atoms with Gasteiger partial charge < -0.3 is 20.4 Å². The van der Waals surface area contributed by atoms with Crippen molar-refractivity contribution in [3.05, 3.63) is 71.3 Å². The molecule has 0 radical (unpaired) electrons. The van der Waals surface area contributed by atoms with Crippen LogP contribution in [0.5, 0.6) is 0 Å². The van der Waals surface area contributed by atoms with Gasteiger partial charge in [0.25, 0.3) is 5.91 Å². The van der Waals surface area contributed by atoms with Crippen LogP contribution in [0.4, 0.5) is 0 Å². The molecular weight excluding hydrogens is 525 g/mol. The van der Waals surface area contributed by atoms with Gasteiger partial charge in [0, 0.05) is 45.3 Å². The van der Waals surface area contributed by atoms with E-state index in [-0.39, 0.29) is 29.9 Å². The van der Waals surface area contributed by atoms with Gasteiger partial charge in [-0.15, -0.1) is 24.0 Å². The number of carbonyl (C=O) groups is 1. The third-order valence-corrected chi connectivity index (χ3v) is 5.98. The summed E-state index contributed by atoms with van der Waals surface area (Å²) in [5, 5.41) is 6.46. The Morgan fingerprint density at radius 3 is 2.39 bits per heavy atom. The summed E-state index contributed by atoms with van der Waals surface area (Å²) in [7, 11) is 5.83. The first-order chi connectivity index (χ1) is 15.5. The number of hydrogen-bond acceptors (Lipinski definition) is 3. The van der Waals surface area contributed by atoms with Gasteiger partial charge in [0.2, 0.25) is 0 Å². The summed E-state index contributed by atoms with van der Waals surface area (Å²) in [6.07, 6.45) is 3.51. The monoisotopic (exact) mass is 563 g/mol. The van der Waals surface area contributed by atoms with Crippen LogP contribution >= 0.6 is 24.0 Å². The lowest BCUT2D eigenvalue weighted by Gasteiger charge is -2.34. The fourth-order valence-electron chi connectivity index (χ4n) is 4.13.